The highest BCUT2D eigenvalue weighted by atomic mass is 35.5. The van der Waals surface area contributed by atoms with Crippen LogP contribution in [0.15, 0.2) is 59.5 Å². The minimum atomic E-state index is -3.88. The second-order valence-corrected chi connectivity index (χ2v) is 8.99. The summed E-state index contributed by atoms with van der Waals surface area (Å²) in [6.07, 6.45) is 0. The minimum absolute atomic E-state index is 0.0335. The number of rotatable bonds is 8. The van der Waals surface area contributed by atoms with Gasteiger partial charge in [0.2, 0.25) is 21.8 Å². The standard InChI is InChI=1S/C20H24ClN3O4S/c1-15(20(26)22-2)24(13-16-7-5-4-6-8-16)19(25)14-23(3)29(27,28)18-11-9-17(21)10-12-18/h4-12,15H,13-14H2,1-3H3,(H,22,26). The van der Waals surface area contributed by atoms with E-state index in [0.717, 1.165) is 9.87 Å². The Balaban J connectivity index is 2.23. The van der Waals surface area contributed by atoms with E-state index in [4.69, 9.17) is 11.6 Å². The highest BCUT2D eigenvalue weighted by Gasteiger charge is 2.29. The molecule has 2 aromatic carbocycles. The van der Waals surface area contributed by atoms with Crippen LogP contribution in [0.5, 0.6) is 0 Å². The van der Waals surface area contributed by atoms with Crippen LogP contribution in [0.25, 0.3) is 0 Å². The Morgan fingerprint density at radius 2 is 1.66 bits per heavy atom. The molecule has 1 N–H and O–H groups in total. The van der Waals surface area contributed by atoms with E-state index in [1.165, 1.54) is 43.3 Å². The Hall–Kier alpha value is -2.42. The number of halogens is 1. The molecule has 0 aromatic heterocycles. The summed E-state index contributed by atoms with van der Waals surface area (Å²) in [7, 11) is -1.07. The summed E-state index contributed by atoms with van der Waals surface area (Å²) < 4.78 is 26.5. The number of amides is 2. The lowest BCUT2D eigenvalue weighted by Crippen LogP contribution is -2.50. The number of nitrogens with zero attached hydrogens (tertiary/aromatic N) is 2. The van der Waals surface area contributed by atoms with Gasteiger partial charge in [0.1, 0.15) is 6.04 Å². The van der Waals surface area contributed by atoms with Crippen LogP contribution in [-0.2, 0) is 26.2 Å². The Labute approximate surface area is 176 Å². The molecule has 0 heterocycles. The van der Waals surface area contributed by atoms with Crippen LogP contribution in [-0.4, -0.2) is 56.1 Å². The van der Waals surface area contributed by atoms with E-state index < -0.39 is 28.5 Å². The molecule has 156 valence electrons. The van der Waals surface area contributed by atoms with Gasteiger partial charge in [-0.3, -0.25) is 9.59 Å². The Morgan fingerprint density at radius 3 is 2.21 bits per heavy atom. The number of sulfonamides is 1. The van der Waals surface area contributed by atoms with Crippen molar-refractivity contribution in [2.45, 2.75) is 24.4 Å². The van der Waals surface area contributed by atoms with Crippen molar-refractivity contribution in [3.8, 4) is 0 Å². The number of hydrogen-bond donors (Lipinski definition) is 1. The minimum Gasteiger partial charge on any atom is -0.357 e. The van der Waals surface area contributed by atoms with Gasteiger partial charge in [0.25, 0.3) is 0 Å². The molecule has 7 nitrogen and oxygen atoms in total. The van der Waals surface area contributed by atoms with Crippen molar-refractivity contribution in [1.82, 2.24) is 14.5 Å². The maximum atomic E-state index is 13.0. The summed E-state index contributed by atoms with van der Waals surface area (Å²) in [4.78, 5) is 26.5. The lowest BCUT2D eigenvalue weighted by atomic mass is 10.1. The Morgan fingerprint density at radius 1 is 1.07 bits per heavy atom. The van der Waals surface area contributed by atoms with Crippen molar-refractivity contribution in [2.75, 3.05) is 20.6 Å². The fourth-order valence-electron chi connectivity index (χ4n) is 2.72. The number of carbonyl (C=O) groups excluding carboxylic acids is 2. The average molecular weight is 438 g/mol. The zero-order valence-electron chi connectivity index (χ0n) is 16.5. The van der Waals surface area contributed by atoms with Crippen molar-refractivity contribution in [3.05, 3.63) is 65.2 Å². The number of hydrogen-bond acceptors (Lipinski definition) is 4. The highest BCUT2D eigenvalue weighted by Crippen LogP contribution is 2.18. The molecule has 0 fully saturated rings. The van der Waals surface area contributed by atoms with Crippen LogP contribution in [0.2, 0.25) is 5.02 Å². The van der Waals surface area contributed by atoms with E-state index >= 15 is 0 Å². The molecule has 2 rings (SSSR count). The molecule has 0 spiro atoms. The number of carbonyl (C=O) groups is 2. The molecule has 2 aromatic rings. The van der Waals surface area contributed by atoms with Gasteiger partial charge in [-0.2, -0.15) is 4.31 Å². The van der Waals surface area contributed by atoms with Crippen LogP contribution < -0.4 is 5.32 Å². The van der Waals surface area contributed by atoms with Gasteiger partial charge in [-0.25, -0.2) is 8.42 Å². The van der Waals surface area contributed by atoms with Gasteiger partial charge in [0.05, 0.1) is 11.4 Å². The van der Waals surface area contributed by atoms with Crippen molar-refractivity contribution in [2.24, 2.45) is 0 Å². The second kappa shape index (κ2) is 9.87. The SMILES string of the molecule is CNC(=O)C(C)N(Cc1ccccc1)C(=O)CN(C)S(=O)(=O)c1ccc(Cl)cc1. The highest BCUT2D eigenvalue weighted by molar-refractivity contribution is 7.89. The maximum Gasteiger partial charge on any atom is 0.243 e. The summed E-state index contributed by atoms with van der Waals surface area (Å²) in [6.45, 7) is 1.38. The predicted octanol–water partition coefficient (Wildman–Crippen LogP) is 2.12. The van der Waals surface area contributed by atoms with Gasteiger partial charge >= 0.3 is 0 Å². The van der Waals surface area contributed by atoms with Gasteiger partial charge in [-0.05, 0) is 36.8 Å². The molecule has 1 atom stereocenters. The molecule has 0 saturated carbocycles. The normalized spacial score (nSPS) is 12.4. The quantitative estimate of drug-likeness (QED) is 0.685. The van der Waals surface area contributed by atoms with E-state index in [2.05, 4.69) is 5.32 Å². The van der Waals surface area contributed by atoms with Gasteiger partial charge in [-0.15, -0.1) is 0 Å². The first-order valence-corrected chi connectivity index (χ1v) is 10.8. The van der Waals surface area contributed by atoms with E-state index in [1.807, 2.05) is 30.3 Å². The molecule has 0 bridgehead atoms. The molecule has 0 saturated heterocycles. The topological polar surface area (TPSA) is 86.8 Å². The number of likely N-dealkylation sites (N-methyl/N-ethyl adjacent to an activating group) is 2. The first-order chi connectivity index (χ1) is 13.7. The molecule has 0 aliphatic carbocycles. The maximum absolute atomic E-state index is 13.0. The molecule has 2 amide bonds. The van der Waals surface area contributed by atoms with E-state index in [9.17, 15) is 18.0 Å². The molecule has 0 aliphatic heterocycles. The van der Waals surface area contributed by atoms with Crippen molar-refractivity contribution < 1.29 is 18.0 Å². The van der Waals surface area contributed by atoms with Crippen LogP contribution in [0.4, 0.5) is 0 Å². The summed E-state index contributed by atoms with van der Waals surface area (Å²) >= 11 is 5.82. The molecule has 29 heavy (non-hydrogen) atoms. The van der Waals surface area contributed by atoms with Crippen LogP contribution >= 0.6 is 11.6 Å². The molecule has 0 radical (unpaired) electrons. The lowest BCUT2D eigenvalue weighted by molar-refractivity contribution is -0.140. The first-order valence-electron chi connectivity index (χ1n) is 8.93. The Kier molecular flexibility index (Phi) is 7.78. The van der Waals surface area contributed by atoms with Crippen LogP contribution in [0.3, 0.4) is 0 Å². The fraction of sp³-hybridized carbons (Fsp3) is 0.300. The Bertz CT molecular complexity index is 949. The number of benzene rings is 2. The predicted molar refractivity (Wildman–Crippen MR) is 112 cm³/mol. The first kappa shape index (κ1) is 22.9. The summed E-state index contributed by atoms with van der Waals surface area (Å²) in [5.74, 6) is -0.817. The van der Waals surface area contributed by atoms with Gasteiger partial charge < -0.3 is 10.2 Å². The van der Waals surface area contributed by atoms with Gasteiger partial charge in [0.15, 0.2) is 0 Å². The zero-order chi connectivity index (χ0) is 21.6. The zero-order valence-corrected chi connectivity index (χ0v) is 18.1. The molecule has 1 unspecified atom stereocenters. The van der Waals surface area contributed by atoms with Crippen LogP contribution in [0.1, 0.15) is 12.5 Å². The monoisotopic (exact) mass is 437 g/mol. The van der Waals surface area contributed by atoms with E-state index in [0.29, 0.717) is 5.02 Å². The van der Waals surface area contributed by atoms with Crippen molar-refractivity contribution in [3.63, 3.8) is 0 Å². The summed E-state index contributed by atoms with van der Waals surface area (Å²) in [6, 6.07) is 14.1. The molecule has 9 heteroatoms. The third-order valence-corrected chi connectivity index (χ3v) is 6.56. The van der Waals surface area contributed by atoms with Crippen LogP contribution in [0, 0.1) is 0 Å². The van der Waals surface area contributed by atoms with E-state index in [1.54, 1.807) is 6.92 Å². The van der Waals surface area contributed by atoms with E-state index in [-0.39, 0.29) is 17.3 Å². The van der Waals surface area contributed by atoms with Crippen molar-refractivity contribution >= 4 is 33.4 Å². The second-order valence-electron chi connectivity index (χ2n) is 6.51. The molecular formula is C20H24ClN3O4S. The molecular weight excluding hydrogens is 414 g/mol. The largest absolute Gasteiger partial charge is 0.357 e. The summed E-state index contributed by atoms with van der Waals surface area (Å²) in [5.41, 5.74) is 0.833. The fourth-order valence-corrected chi connectivity index (χ4v) is 3.97. The van der Waals surface area contributed by atoms with Gasteiger partial charge in [-0.1, -0.05) is 41.9 Å². The van der Waals surface area contributed by atoms with Crippen molar-refractivity contribution in [1.29, 1.82) is 0 Å². The average Bonchev–Trinajstić information content (AvgIpc) is 2.71. The van der Waals surface area contributed by atoms with Gasteiger partial charge in [0, 0.05) is 25.7 Å². The summed E-state index contributed by atoms with van der Waals surface area (Å²) in [5, 5.41) is 2.94. The third kappa shape index (κ3) is 5.79. The lowest BCUT2D eigenvalue weighted by Gasteiger charge is -2.30. The third-order valence-electron chi connectivity index (χ3n) is 4.49. The smallest absolute Gasteiger partial charge is 0.243 e. The number of nitrogens with one attached hydrogen (secondary N) is 1. The molecule has 0 aliphatic rings.